The monoisotopic (exact) mass is 370 g/mol. The van der Waals surface area contributed by atoms with E-state index in [4.69, 9.17) is 16.3 Å². The number of hydrogen-bond acceptors (Lipinski definition) is 6. The molecule has 7 heteroatoms. The van der Waals surface area contributed by atoms with E-state index in [9.17, 15) is 5.11 Å². The fourth-order valence-corrected chi connectivity index (χ4v) is 3.28. The van der Waals surface area contributed by atoms with Crippen LogP contribution in [0.25, 0.3) is 10.9 Å². The third kappa shape index (κ3) is 3.52. The van der Waals surface area contributed by atoms with E-state index in [2.05, 4.69) is 20.6 Å². The summed E-state index contributed by atoms with van der Waals surface area (Å²) in [5, 5.41) is 17.4. The largest absolute Gasteiger partial charge is 0.506 e. The van der Waals surface area contributed by atoms with Gasteiger partial charge in [0, 0.05) is 11.7 Å². The minimum absolute atomic E-state index is 0.0397. The van der Waals surface area contributed by atoms with Crippen molar-refractivity contribution in [3.05, 3.63) is 47.7 Å². The molecule has 6 nitrogen and oxygen atoms in total. The van der Waals surface area contributed by atoms with E-state index >= 15 is 0 Å². The van der Waals surface area contributed by atoms with Gasteiger partial charge in [0.1, 0.15) is 30.3 Å². The summed E-state index contributed by atoms with van der Waals surface area (Å²) in [6.07, 6.45) is 3.81. The molecule has 1 aromatic heterocycles. The molecule has 1 aliphatic heterocycles. The number of anilines is 2. The predicted molar refractivity (Wildman–Crippen MR) is 102 cm³/mol. The van der Waals surface area contributed by atoms with Crippen molar-refractivity contribution >= 4 is 34.0 Å². The average molecular weight is 371 g/mol. The van der Waals surface area contributed by atoms with Crippen molar-refractivity contribution in [3.8, 4) is 11.5 Å². The van der Waals surface area contributed by atoms with Crippen LogP contribution in [0.3, 0.4) is 0 Å². The van der Waals surface area contributed by atoms with Gasteiger partial charge in [0.25, 0.3) is 0 Å². The first-order valence-electron chi connectivity index (χ1n) is 8.56. The first-order chi connectivity index (χ1) is 12.7. The summed E-state index contributed by atoms with van der Waals surface area (Å²) < 4.78 is 6.08. The molecule has 0 saturated carbocycles. The summed E-state index contributed by atoms with van der Waals surface area (Å²) in [6, 6.07) is 11.1. The Morgan fingerprint density at radius 3 is 3.00 bits per heavy atom. The third-order valence-corrected chi connectivity index (χ3v) is 4.74. The number of hydrogen-bond donors (Lipinski definition) is 3. The van der Waals surface area contributed by atoms with E-state index in [1.54, 1.807) is 12.1 Å². The zero-order valence-electron chi connectivity index (χ0n) is 14.1. The van der Waals surface area contributed by atoms with Crippen LogP contribution in [-0.4, -0.2) is 34.3 Å². The molecule has 4 rings (SSSR count). The molecule has 2 aromatic carbocycles. The Labute approximate surface area is 156 Å². The number of rotatable bonds is 5. The number of aromatic hydroxyl groups is 1. The van der Waals surface area contributed by atoms with Crippen LogP contribution in [-0.2, 0) is 0 Å². The molecule has 3 aromatic rings. The fourth-order valence-electron chi connectivity index (χ4n) is 3.10. The van der Waals surface area contributed by atoms with Crippen molar-refractivity contribution in [2.45, 2.75) is 18.9 Å². The summed E-state index contributed by atoms with van der Waals surface area (Å²) in [7, 11) is 0. The van der Waals surface area contributed by atoms with E-state index in [0.29, 0.717) is 18.5 Å². The van der Waals surface area contributed by atoms with Gasteiger partial charge in [-0.25, -0.2) is 9.97 Å². The van der Waals surface area contributed by atoms with Gasteiger partial charge in [0.05, 0.1) is 15.9 Å². The molecule has 0 unspecified atom stereocenters. The van der Waals surface area contributed by atoms with Crippen LogP contribution in [0.4, 0.5) is 11.5 Å². The number of ether oxygens (including phenoxy) is 1. The van der Waals surface area contributed by atoms with E-state index in [-0.39, 0.29) is 10.8 Å². The quantitative estimate of drug-likeness (QED) is 0.592. The number of phenols is 1. The molecule has 3 N–H and O–H groups in total. The van der Waals surface area contributed by atoms with Crippen LogP contribution in [0, 0.1) is 0 Å². The Morgan fingerprint density at radius 2 is 2.19 bits per heavy atom. The van der Waals surface area contributed by atoms with Crippen molar-refractivity contribution in [1.82, 2.24) is 15.3 Å². The summed E-state index contributed by atoms with van der Waals surface area (Å²) in [4.78, 5) is 8.71. The molecule has 1 saturated heterocycles. The van der Waals surface area contributed by atoms with Crippen LogP contribution in [0.1, 0.15) is 12.8 Å². The Hall–Kier alpha value is -2.57. The van der Waals surface area contributed by atoms with Crippen LogP contribution in [0.5, 0.6) is 11.5 Å². The molecule has 26 heavy (non-hydrogen) atoms. The number of fused-ring (bicyclic) bond motifs is 1. The van der Waals surface area contributed by atoms with Gasteiger partial charge in [-0.05, 0) is 49.7 Å². The van der Waals surface area contributed by atoms with Crippen molar-refractivity contribution in [2.24, 2.45) is 0 Å². The number of phenolic OH excluding ortho intramolecular Hbond substituents is 1. The van der Waals surface area contributed by atoms with Crippen molar-refractivity contribution < 1.29 is 9.84 Å². The van der Waals surface area contributed by atoms with Crippen LogP contribution < -0.4 is 15.4 Å². The van der Waals surface area contributed by atoms with Crippen LogP contribution >= 0.6 is 11.6 Å². The molecule has 0 spiro atoms. The molecular weight excluding hydrogens is 352 g/mol. The maximum atomic E-state index is 9.59. The molecule has 1 fully saturated rings. The molecule has 0 radical (unpaired) electrons. The van der Waals surface area contributed by atoms with E-state index in [1.807, 2.05) is 18.2 Å². The standard InChI is InChI=1S/C19H19ClN4O2/c20-14-9-12(6-7-16(14)25)24-19-18-15(22-11-23-19)4-1-5-17(18)26-10-13-3-2-8-21-13/h1,4-7,9,11,13,21,25H,2-3,8,10H2,(H,22,23,24)/t13-/m0/s1. The smallest absolute Gasteiger partial charge is 0.145 e. The van der Waals surface area contributed by atoms with Gasteiger partial charge in [-0.15, -0.1) is 0 Å². The highest BCUT2D eigenvalue weighted by molar-refractivity contribution is 6.32. The van der Waals surface area contributed by atoms with Crippen molar-refractivity contribution in [3.63, 3.8) is 0 Å². The van der Waals surface area contributed by atoms with Gasteiger partial charge < -0.3 is 20.5 Å². The lowest BCUT2D eigenvalue weighted by Gasteiger charge is -2.15. The molecule has 2 heterocycles. The number of benzene rings is 2. The molecule has 1 atom stereocenters. The lowest BCUT2D eigenvalue weighted by molar-refractivity contribution is 0.280. The minimum Gasteiger partial charge on any atom is -0.506 e. The van der Waals surface area contributed by atoms with Crippen LogP contribution in [0.2, 0.25) is 5.02 Å². The maximum absolute atomic E-state index is 9.59. The summed E-state index contributed by atoms with van der Waals surface area (Å²) in [5.74, 6) is 1.41. The van der Waals surface area contributed by atoms with Crippen LogP contribution in [0.15, 0.2) is 42.7 Å². The van der Waals surface area contributed by atoms with Gasteiger partial charge in [0.15, 0.2) is 0 Å². The number of nitrogens with zero attached hydrogens (tertiary/aromatic N) is 2. The Bertz CT molecular complexity index is 923. The second-order valence-electron chi connectivity index (χ2n) is 6.27. The lowest BCUT2D eigenvalue weighted by Crippen LogP contribution is -2.28. The Morgan fingerprint density at radius 1 is 1.27 bits per heavy atom. The van der Waals surface area contributed by atoms with Crippen molar-refractivity contribution in [1.29, 1.82) is 0 Å². The second-order valence-corrected chi connectivity index (χ2v) is 6.68. The van der Waals surface area contributed by atoms with Crippen molar-refractivity contribution in [2.75, 3.05) is 18.5 Å². The Kier molecular flexibility index (Phi) is 4.77. The predicted octanol–water partition coefficient (Wildman–Crippen LogP) is 3.86. The van der Waals surface area contributed by atoms with Gasteiger partial charge in [-0.1, -0.05) is 17.7 Å². The zero-order chi connectivity index (χ0) is 17.9. The van der Waals surface area contributed by atoms with Gasteiger partial charge >= 0.3 is 0 Å². The molecule has 0 amide bonds. The fraction of sp³-hybridized carbons (Fsp3) is 0.263. The normalized spacial score (nSPS) is 16.7. The average Bonchev–Trinajstić information content (AvgIpc) is 3.17. The Balaban J connectivity index is 1.66. The second kappa shape index (κ2) is 7.35. The SMILES string of the molecule is Oc1ccc(Nc2ncnc3cccc(OC[C@@H]4CCCN4)c23)cc1Cl. The molecule has 134 valence electrons. The highest BCUT2D eigenvalue weighted by atomic mass is 35.5. The lowest BCUT2D eigenvalue weighted by atomic mass is 10.2. The summed E-state index contributed by atoms with van der Waals surface area (Å²) in [5.41, 5.74) is 1.52. The number of aromatic nitrogens is 2. The highest BCUT2D eigenvalue weighted by Gasteiger charge is 2.16. The van der Waals surface area contributed by atoms with E-state index in [0.717, 1.165) is 35.3 Å². The topological polar surface area (TPSA) is 79.3 Å². The highest BCUT2D eigenvalue weighted by Crippen LogP contribution is 2.33. The third-order valence-electron chi connectivity index (χ3n) is 4.44. The first-order valence-corrected chi connectivity index (χ1v) is 8.94. The van der Waals surface area contributed by atoms with E-state index in [1.165, 1.54) is 18.8 Å². The molecule has 1 aliphatic rings. The van der Waals surface area contributed by atoms with Gasteiger partial charge in [-0.2, -0.15) is 0 Å². The van der Waals surface area contributed by atoms with E-state index < -0.39 is 0 Å². The first kappa shape index (κ1) is 16.9. The molecular formula is C19H19ClN4O2. The maximum Gasteiger partial charge on any atom is 0.145 e. The van der Waals surface area contributed by atoms with Gasteiger partial charge in [0.2, 0.25) is 0 Å². The minimum atomic E-state index is 0.0397. The summed E-state index contributed by atoms with van der Waals surface area (Å²) in [6.45, 7) is 1.65. The molecule has 0 aliphatic carbocycles. The van der Waals surface area contributed by atoms with Gasteiger partial charge in [-0.3, -0.25) is 0 Å². The number of nitrogens with one attached hydrogen (secondary N) is 2. The molecule has 0 bridgehead atoms. The summed E-state index contributed by atoms with van der Waals surface area (Å²) >= 11 is 6.00. The number of halogens is 1. The zero-order valence-corrected chi connectivity index (χ0v) is 14.8.